The van der Waals surface area contributed by atoms with E-state index in [1.807, 2.05) is 53.0 Å². The fourth-order valence-electron chi connectivity index (χ4n) is 3.74. The average Bonchev–Trinajstić information content (AvgIpc) is 3.23. The van der Waals surface area contributed by atoms with Crippen LogP contribution in [0.3, 0.4) is 0 Å². The van der Waals surface area contributed by atoms with Gasteiger partial charge in [-0.05, 0) is 42.0 Å². The van der Waals surface area contributed by atoms with Gasteiger partial charge < -0.3 is 20.1 Å². The molecule has 5 rings (SSSR count). The number of benzene rings is 2. The predicted octanol–water partition coefficient (Wildman–Crippen LogP) is 3.47. The second-order valence-corrected chi connectivity index (χ2v) is 7.27. The highest BCUT2D eigenvalue weighted by Gasteiger charge is 2.12. The topological polar surface area (TPSA) is 74.9 Å². The summed E-state index contributed by atoms with van der Waals surface area (Å²) in [5.74, 6) is 0.525. The van der Waals surface area contributed by atoms with E-state index in [0.717, 1.165) is 60.0 Å². The first-order valence-electron chi connectivity index (χ1n) is 10.0. The van der Waals surface area contributed by atoms with Crippen molar-refractivity contribution in [2.45, 2.75) is 6.61 Å². The minimum Gasteiger partial charge on any atom is -0.392 e. The van der Waals surface area contributed by atoms with Crippen LogP contribution in [0.5, 0.6) is 0 Å². The Labute approximate surface area is 174 Å². The molecule has 152 valence electrons. The number of aliphatic hydroxyl groups excluding tert-OH is 1. The van der Waals surface area contributed by atoms with E-state index in [1.165, 1.54) is 0 Å². The number of aliphatic hydroxyl groups is 1. The Balaban J connectivity index is 1.44. The van der Waals surface area contributed by atoms with Crippen LogP contribution in [-0.4, -0.2) is 46.0 Å². The summed E-state index contributed by atoms with van der Waals surface area (Å²) in [5.41, 5.74) is 5.83. The quantitative estimate of drug-likeness (QED) is 0.533. The van der Waals surface area contributed by atoms with Crippen LogP contribution in [-0.2, 0) is 11.3 Å². The third-order valence-corrected chi connectivity index (χ3v) is 5.28. The van der Waals surface area contributed by atoms with Crippen molar-refractivity contribution in [2.24, 2.45) is 0 Å². The molecule has 0 radical (unpaired) electrons. The van der Waals surface area contributed by atoms with Gasteiger partial charge in [0.2, 0.25) is 5.95 Å². The number of fused-ring (bicyclic) bond motifs is 1. The van der Waals surface area contributed by atoms with Gasteiger partial charge in [0.05, 0.1) is 37.2 Å². The second kappa shape index (κ2) is 8.14. The Morgan fingerprint density at radius 2 is 1.87 bits per heavy atom. The Hall–Kier alpha value is -3.42. The number of aromatic nitrogens is 3. The fourth-order valence-corrected chi connectivity index (χ4v) is 3.74. The van der Waals surface area contributed by atoms with Gasteiger partial charge in [-0.25, -0.2) is 9.50 Å². The molecule has 7 heteroatoms. The molecule has 1 aliphatic rings. The summed E-state index contributed by atoms with van der Waals surface area (Å²) >= 11 is 0. The molecule has 2 N–H and O–H groups in total. The van der Waals surface area contributed by atoms with Crippen molar-refractivity contribution in [3.63, 3.8) is 0 Å². The van der Waals surface area contributed by atoms with Crippen molar-refractivity contribution in [1.29, 1.82) is 0 Å². The van der Waals surface area contributed by atoms with Crippen LogP contribution >= 0.6 is 0 Å². The molecule has 2 aromatic carbocycles. The van der Waals surface area contributed by atoms with Crippen molar-refractivity contribution in [3.05, 3.63) is 72.4 Å². The standard InChI is InChI=1S/C23H23N5O2/c29-16-17-3-1-4-18(13-17)22-8-7-21-15-24-23(26-28(21)22)25-19-5-2-6-20(14-19)27-9-11-30-12-10-27/h1-8,13-15,29H,9-12,16H2,(H,25,26). The van der Waals surface area contributed by atoms with Gasteiger partial charge in [0.25, 0.3) is 0 Å². The van der Waals surface area contributed by atoms with Crippen LogP contribution in [0.25, 0.3) is 16.8 Å². The van der Waals surface area contributed by atoms with Crippen LogP contribution in [0.15, 0.2) is 66.9 Å². The fraction of sp³-hybridized carbons (Fsp3) is 0.217. The van der Waals surface area contributed by atoms with E-state index in [4.69, 9.17) is 9.84 Å². The summed E-state index contributed by atoms with van der Waals surface area (Å²) in [7, 11) is 0. The van der Waals surface area contributed by atoms with E-state index in [1.54, 1.807) is 6.20 Å². The summed E-state index contributed by atoms with van der Waals surface area (Å²) in [6.45, 7) is 3.31. The third kappa shape index (κ3) is 3.72. The Morgan fingerprint density at radius 1 is 1.00 bits per heavy atom. The van der Waals surface area contributed by atoms with E-state index in [9.17, 15) is 5.11 Å². The molecule has 1 aliphatic heterocycles. The maximum atomic E-state index is 9.44. The minimum atomic E-state index is 0.0123. The highest BCUT2D eigenvalue weighted by atomic mass is 16.5. The molecule has 0 aliphatic carbocycles. The number of hydrogen-bond acceptors (Lipinski definition) is 6. The molecule has 0 saturated carbocycles. The lowest BCUT2D eigenvalue weighted by atomic mass is 10.1. The zero-order valence-corrected chi connectivity index (χ0v) is 16.5. The van der Waals surface area contributed by atoms with Gasteiger partial charge in [-0.2, -0.15) is 0 Å². The van der Waals surface area contributed by atoms with Crippen LogP contribution in [0.2, 0.25) is 0 Å². The number of morpholine rings is 1. The van der Waals surface area contributed by atoms with E-state index in [0.29, 0.717) is 5.95 Å². The molecule has 0 atom stereocenters. The van der Waals surface area contributed by atoms with Crippen molar-refractivity contribution in [1.82, 2.24) is 14.6 Å². The lowest BCUT2D eigenvalue weighted by Gasteiger charge is -2.29. The summed E-state index contributed by atoms with van der Waals surface area (Å²) in [4.78, 5) is 6.78. The van der Waals surface area contributed by atoms with Gasteiger partial charge in [-0.3, -0.25) is 0 Å². The Kier molecular flexibility index (Phi) is 5.04. The molecule has 0 unspecified atom stereocenters. The molecule has 0 bridgehead atoms. The zero-order valence-electron chi connectivity index (χ0n) is 16.5. The van der Waals surface area contributed by atoms with Gasteiger partial charge in [0.1, 0.15) is 0 Å². The van der Waals surface area contributed by atoms with Gasteiger partial charge in [0, 0.05) is 30.0 Å². The molecule has 30 heavy (non-hydrogen) atoms. The zero-order chi connectivity index (χ0) is 20.3. The molecular formula is C23H23N5O2. The Morgan fingerprint density at radius 3 is 2.73 bits per heavy atom. The molecule has 0 amide bonds. The highest BCUT2D eigenvalue weighted by molar-refractivity contribution is 5.68. The summed E-state index contributed by atoms with van der Waals surface area (Å²) < 4.78 is 7.32. The van der Waals surface area contributed by atoms with Crippen molar-refractivity contribution in [2.75, 3.05) is 36.5 Å². The molecule has 3 heterocycles. The number of rotatable bonds is 5. The summed E-state index contributed by atoms with van der Waals surface area (Å²) in [6.07, 6.45) is 1.81. The molecule has 1 saturated heterocycles. The van der Waals surface area contributed by atoms with E-state index in [2.05, 4.69) is 27.3 Å². The minimum absolute atomic E-state index is 0.0123. The second-order valence-electron chi connectivity index (χ2n) is 7.27. The van der Waals surface area contributed by atoms with Crippen LogP contribution < -0.4 is 10.2 Å². The summed E-state index contributed by atoms with van der Waals surface area (Å²) in [6, 6.07) is 20.1. The summed E-state index contributed by atoms with van der Waals surface area (Å²) in [5, 5.41) is 17.5. The number of nitrogens with one attached hydrogen (secondary N) is 1. The number of ether oxygens (including phenoxy) is 1. The monoisotopic (exact) mass is 401 g/mol. The van der Waals surface area contributed by atoms with Gasteiger partial charge >= 0.3 is 0 Å². The molecular weight excluding hydrogens is 378 g/mol. The van der Waals surface area contributed by atoms with E-state index < -0.39 is 0 Å². The highest BCUT2D eigenvalue weighted by Crippen LogP contribution is 2.25. The first kappa shape index (κ1) is 18.6. The largest absolute Gasteiger partial charge is 0.392 e. The maximum Gasteiger partial charge on any atom is 0.245 e. The predicted molar refractivity (Wildman–Crippen MR) is 117 cm³/mol. The van der Waals surface area contributed by atoms with E-state index >= 15 is 0 Å². The van der Waals surface area contributed by atoms with Crippen LogP contribution in [0.1, 0.15) is 5.56 Å². The third-order valence-electron chi connectivity index (χ3n) is 5.28. The van der Waals surface area contributed by atoms with Gasteiger partial charge in [0.15, 0.2) is 0 Å². The molecule has 0 spiro atoms. The normalized spacial score (nSPS) is 14.2. The number of nitrogens with zero attached hydrogens (tertiary/aromatic N) is 4. The maximum absolute atomic E-state index is 9.44. The molecule has 1 fully saturated rings. The molecule has 4 aromatic rings. The molecule has 7 nitrogen and oxygen atoms in total. The lowest BCUT2D eigenvalue weighted by Crippen LogP contribution is -2.36. The Bertz CT molecular complexity index is 1170. The number of anilines is 3. The lowest BCUT2D eigenvalue weighted by molar-refractivity contribution is 0.122. The van der Waals surface area contributed by atoms with E-state index in [-0.39, 0.29) is 6.61 Å². The van der Waals surface area contributed by atoms with Crippen molar-refractivity contribution >= 4 is 22.8 Å². The van der Waals surface area contributed by atoms with Crippen LogP contribution in [0, 0.1) is 0 Å². The average molecular weight is 401 g/mol. The SMILES string of the molecule is OCc1cccc(-c2ccc3cnc(Nc4cccc(N5CCOCC5)c4)nn23)c1. The first-order chi connectivity index (χ1) is 14.8. The van der Waals surface area contributed by atoms with Gasteiger partial charge in [-0.1, -0.05) is 24.3 Å². The smallest absolute Gasteiger partial charge is 0.245 e. The molecule has 2 aromatic heterocycles. The number of hydrogen-bond donors (Lipinski definition) is 2. The van der Waals surface area contributed by atoms with Crippen molar-refractivity contribution in [3.8, 4) is 11.3 Å². The van der Waals surface area contributed by atoms with Crippen LogP contribution in [0.4, 0.5) is 17.3 Å². The van der Waals surface area contributed by atoms with Gasteiger partial charge in [-0.15, -0.1) is 5.10 Å². The first-order valence-corrected chi connectivity index (χ1v) is 10.0. The van der Waals surface area contributed by atoms with Crippen molar-refractivity contribution < 1.29 is 9.84 Å².